The number of azo groups is 1. The van der Waals surface area contributed by atoms with Crippen molar-refractivity contribution in [2.75, 3.05) is 64.8 Å². The number of thiazole rings is 1. The molecule has 1 saturated heterocycles. The van der Waals surface area contributed by atoms with Crippen LogP contribution in [0, 0.1) is 0 Å². The maximum Gasteiger partial charge on any atom is 0.229 e. The fourth-order valence-electron chi connectivity index (χ4n) is 3.10. The van der Waals surface area contributed by atoms with Gasteiger partial charge in [-0.2, -0.15) is 0 Å². The smallest absolute Gasteiger partial charge is 0.229 e. The lowest BCUT2D eigenvalue weighted by Crippen LogP contribution is -2.55. The Hall–Kier alpha value is -1.83. The van der Waals surface area contributed by atoms with Crippen LogP contribution in [0.15, 0.2) is 46.1 Å². The minimum atomic E-state index is 0.688. The Kier molecular flexibility index (Phi) is 6.34. The summed E-state index contributed by atoms with van der Waals surface area (Å²) in [6, 6.07) is 8.32. The molecule has 26 heavy (non-hydrogen) atoms. The van der Waals surface area contributed by atoms with Crippen LogP contribution >= 0.6 is 11.3 Å². The van der Waals surface area contributed by atoms with Gasteiger partial charge >= 0.3 is 0 Å². The summed E-state index contributed by atoms with van der Waals surface area (Å²) in [5.41, 5.74) is 2.10. The number of hydrogen-bond donors (Lipinski definition) is 0. The van der Waals surface area contributed by atoms with E-state index in [9.17, 15) is 0 Å². The first-order valence-electron chi connectivity index (χ1n) is 9.26. The van der Waals surface area contributed by atoms with Crippen molar-refractivity contribution in [3.63, 3.8) is 0 Å². The van der Waals surface area contributed by atoms with E-state index in [0.717, 1.165) is 29.8 Å². The molecule has 0 radical (unpaired) electrons. The van der Waals surface area contributed by atoms with E-state index in [2.05, 4.69) is 58.2 Å². The van der Waals surface area contributed by atoms with Gasteiger partial charge in [-0.1, -0.05) is 0 Å². The van der Waals surface area contributed by atoms with Gasteiger partial charge in [-0.05, 0) is 31.2 Å². The number of aromatic nitrogens is 1. The predicted molar refractivity (Wildman–Crippen MR) is 109 cm³/mol. The van der Waals surface area contributed by atoms with Crippen molar-refractivity contribution in [1.29, 1.82) is 0 Å². The van der Waals surface area contributed by atoms with E-state index in [1.165, 1.54) is 43.2 Å². The number of hydrogen-bond acceptors (Lipinski definition) is 6. The highest BCUT2D eigenvalue weighted by Crippen LogP contribution is 2.23. The lowest BCUT2D eigenvalue weighted by molar-refractivity contribution is -0.894. The molecule has 1 aliphatic heterocycles. The molecule has 0 N–H and O–H groups in total. The van der Waals surface area contributed by atoms with E-state index >= 15 is 0 Å². The second kappa shape index (κ2) is 8.70. The van der Waals surface area contributed by atoms with Gasteiger partial charge in [-0.25, -0.2) is 4.98 Å². The predicted octanol–water partition coefficient (Wildman–Crippen LogP) is 3.78. The van der Waals surface area contributed by atoms with E-state index < -0.39 is 0 Å². The van der Waals surface area contributed by atoms with E-state index in [1.54, 1.807) is 6.20 Å². The molecule has 7 heteroatoms. The first-order valence-corrected chi connectivity index (χ1v) is 10.1. The minimum absolute atomic E-state index is 0.688. The summed E-state index contributed by atoms with van der Waals surface area (Å²) in [4.78, 5) is 9.13. The SMILES string of the molecule is CCN(CCN1CC[N+](C)(C)CC1)c1ccc(N=Nc2nccs2)cc1. The molecule has 140 valence electrons. The molecule has 6 nitrogen and oxygen atoms in total. The molecule has 1 aromatic carbocycles. The highest BCUT2D eigenvalue weighted by Gasteiger charge is 2.24. The fourth-order valence-corrected chi connectivity index (χ4v) is 3.55. The lowest BCUT2D eigenvalue weighted by atomic mass is 10.2. The number of quaternary nitrogens is 1. The van der Waals surface area contributed by atoms with Crippen LogP contribution in [0.25, 0.3) is 0 Å². The largest absolute Gasteiger partial charge is 0.371 e. The molecule has 0 spiro atoms. The summed E-state index contributed by atoms with van der Waals surface area (Å²) in [6.45, 7) is 10.3. The van der Waals surface area contributed by atoms with Crippen LogP contribution in [0.1, 0.15) is 6.92 Å². The van der Waals surface area contributed by atoms with E-state index in [-0.39, 0.29) is 0 Å². The van der Waals surface area contributed by atoms with Crippen LogP contribution in [-0.2, 0) is 0 Å². The van der Waals surface area contributed by atoms with Crippen LogP contribution in [0.3, 0.4) is 0 Å². The average molecular weight is 374 g/mol. The summed E-state index contributed by atoms with van der Waals surface area (Å²) in [7, 11) is 4.65. The summed E-state index contributed by atoms with van der Waals surface area (Å²) in [5, 5.41) is 11.0. The molecule has 0 unspecified atom stereocenters. The zero-order valence-electron chi connectivity index (χ0n) is 16.0. The molecule has 2 aromatic rings. The van der Waals surface area contributed by atoms with Gasteiger partial charge in [0.1, 0.15) is 0 Å². The lowest BCUT2D eigenvalue weighted by Gasteiger charge is -2.39. The third kappa shape index (κ3) is 5.33. The van der Waals surface area contributed by atoms with Crippen LogP contribution in [0.4, 0.5) is 16.5 Å². The van der Waals surface area contributed by atoms with Gasteiger partial charge in [0.2, 0.25) is 5.13 Å². The number of benzene rings is 1. The van der Waals surface area contributed by atoms with Gasteiger partial charge in [0, 0.05) is 50.0 Å². The molecule has 0 saturated carbocycles. The average Bonchev–Trinajstić information content (AvgIpc) is 3.16. The molecule has 2 heterocycles. The van der Waals surface area contributed by atoms with Gasteiger partial charge in [-0.3, -0.25) is 4.90 Å². The maximum atomic E-state index is 4.25. The second-order valence-corrected chi connectivity index (χ2v) is 8.21. The summed E-state index contributed by atoms with van der Waals surface area (Å²) in [5.74, 6) is 0. The molecular formula is C19H29N6S+. The van der Waals surface area contributed by atoms with E-state index in [1.807, 2.05) is 17.5 Å². The molecule has 0 atom stereocenters. The van der Waals surface area contributed by atoms with Crippen molar-refractivity contribution in [3.05, 3.63) is 35.8 Å². The van der Waals surface area contributed by atoms with E-state index in [0.29, 0.717) is 5.13 Å². The molecule has 1 aromatic heterocycles. The van der Waals surface area contributed by atoms with Crippen LogP contribution in [-0.4, -0.2) is 74.3 Å². The summed E-state index contributed by atoms with van der Waals surface area (Å²) < 4.78 is 1.14. The van der Waals surface area contributed by atoms with Crippen molar-refractivity contribution in [3.8, 4) is 0 Å². The van der Waals surface area contributed by atoms with Gasteiger partial charge in [0.25, 0.3) is 0 Å². The zero-order valence-corrected chi connectivity index (χ0v) is 16.8. The number of rotatable bonds is 7. The van der Waals surface area contributed by atoms with Crippen molar-refractivity contribution in [2.24, 2.45) is 10.2 Å². The first kappa shape index (κ1) is 18.9. The van der Waals surface area contributed by atoms with Crippen molar-refractivity contribution in [1.82, 2.24) is 9.88 Å². The van der Waals surface area contributed by atoms with Crippen molar-refractivity contribution < 1.29 is 4.48 Å². The first-order chi connectivity index (χ1) is 12.6. The van der Waals surface area contributed by atoms with Gasteiger partial charge in [0.15, 0.2) is 0 Å². The second-order valence-electron chi connectivity index (χ2n) is 7.34. The summed E-state index contributed by atoms with van der Waals surface area (Å²) >= 11 is 1.49. The third-order valence-corrected chi connectivity index (χ3v) is 5.65. The molecule has 1 fully saturated rings. The van der Waals surface area contributed by atoms with Crippen LogP contribution < -0.4 is 4.90 Å². The monoisotopic (exact) mass is 373 g/mol. The highest BCUT2D eigenvalue weighted by molar-refractivity contribution is 7.13. The van der Waals surface area contributed by atoms with Crippen LogP contribution in [0.5, 0.6) is 0 Å². The fraction of sp³-hybridized carbons (Fsp3) is 0.526. The molecule has 1 aliphatic rings. The topological polar surface area (TPSA) is 44.1 Å². The normalized spacial score (nSPS) is 17.7. The number of anilines is 1. The molecule has 3 rings (SSSR count). The Morgan fingerprint density at radius 2 is 1.88 bits per heavy atom. The maximum absolute atomic E-state index is 4.25. The minimum Gasteiger partial charge on any atom is -0.371 e. The Morgan fingerprint density at radius 3 is 2.50 bits per heavy atom. The zero-order chi connectivity index (χ0) is 18.4. The van der Waals surface area contributed by atoms with Crippen molar-refractivity contribution >= 4 is 27.8 Å². The Balaban J connectivity index is 1.53. The number of nitrogens with zero attached hydrogens (tertiary/aromatic N) is 6. The Labute approximate surface area is 160 Å². The standard InChI is InChI=1S/C19H29N6S/c1-4-24(11-10-23-12-14-25(2,3)15-13-23)18-7-5-17(6-8-18)21-22-19-20-9-16-26-19/h5-9,16H,4,10-15H2,1-3H3/q+1. The molecule has 0 amide bonds. The summed E-state index contributed by atoms with van der Waals surface area (Å²) in [6.07, 6.45) is 1.74. The van der Waals surface area contributed by atoms with Crippen molar-refractivity contribution in [2.45, 2.75) is 6.92 Å². The van der Waals surface area contributed by atoms with Gasteiger partial charge in [0.05, 0.1) is 32.9 Å². The Bertz CT molecular complexity index is 685. The number of piperazine rings is 1. The molecule has 0 aliphatic carbocycles. The highest BCUT2D eigenvalue weighted by atomic mass is 32.1. The Morgan fingerprint density at radius 1 is 1.15 bits per heavy atom. The number of likely N-dealkylation sites (N-methyl/N-ethyl adjacent to an activating group) is 2. The van der Waals surface area contributed by atoms with Crippen LogP contribution in [0.2, 0.25) is 0 Å². The molecular weight excluding hydrogens is 344 g/mol. The quantitative estimate of drug-likeness (QED) is 0.548. The third-order valence-electron chi connectivity index (χ3n) is 5.00. The van der Waals surface area contributed by atoms with E-state index in [4.69, 9.17) is 0 Å². The molecule has 0 bridgehead atoms. The van der Waals surface area contributed by atoms with Gasteiger partial charge in [-0.15, -0.1) is 21.6 Å². The van der Waals surface area contributed by atoms with Gasteiger partial charge < -0.3 is 9.38 Å².